The van der Waals surface area contributed by atoms with E-state index in [1.807, 2.05) is 0 Å². The zero-order valence-electron chi connectivity index (χ0n) is 19.4. The molecule has 0 aromatic carbocycles. The minimum atomic E-state index is -0.0448. The van der Waals surface area contributed by atoms with Crippen LogP contribution < -0.4 is 5.32 Å². The summed E-state index contributed by atoms with van der Waals surface area (Å²) in [5.74, 6) is -0.0739. The number of Topliss-reactive ketones (excluding diaryl/α,β-unsaturated/α-hetero) is 1. The highest BCUT2D eigenvalue weighted by Gasteiger charge is 2.22. The molecule has 29 heavy (non-hydrogen) atoms. The molecule has 0 radical (unpaired) electrons. The summed E-state index contributed by atoms with van der Waals surface area (Å²) in [5.41, 5.74) is 1.62. The lowest BCUT2D eigenvalue weighted by Crippen LogP contribution is -2.27. The molecule has 0 atom stereocenters. The largest absolute Gasteiger partial charge is 0.382 e. The van der Waals surface area contributed by atoms with Gasteiger partial charge in [0, 0.05) is 23.8 Å². The Balaban J connectivity index is 1.86. The topological polar surface area (TPSA) is 46.2 Å². The molecule has 0 heterocycles. The Morgan fingerprint density at radius 2 is 1.03 bits per heavy atom. The minimum Gasteiger partial charge on any atom is -0.382 e. The van der Waals surface area contributed by atoms with Gasteiger partial charge in [0.05, 0.1) is 5.70 Å². The van der Waals surface area contributed by atoms with Gasteiger partial charge in [0.15, 0.2) is 5.78 Å². The van der Waals surface area contributed by atoms with Crippen LogP contribution in [0.3, 0.4) is 0 Å². The summed E-state index contributed by atoms with van der Waals surface area (Å²) in [6.07, 6.45) is 23.2. The van der Waals surface area contributed by atoms with Crippen LogP contribution in [0, 0.1) is 0 Å². The van der Waals surface area contributed by atoms with Crippen molar-refractivity contribution in [1.29, 1.82) is 0 Å². The summed E-state index contributed by atoms with van der Waals surface area (Å²) < 4.78 is 0. The van der Waals surface area contributed by atoms with E-state index in [-0.39, 0.29) is 11.6 Å². The van der Waals surface area contributed by atoms with Crippen molar-refractivity contribution in [3.05, 3.63) is 22.9 Å². The third-order valence-corrected chi connectivity index (χ3v) is 6.14. The molecule has 0 amide bonds. The molecule has 0 spiro atoms. The first-order valence-electron chi connectivity index (χ1n) is 12.3. The first kappa shape index (κ1) is 25.7. The monoisotopic (exact) mass is 403 g/mol. The van der Waals surface area contributed by atoms with Crippen LogP contribution in [0.1, 0.15) is 124 Å². The van der Waals surface area contributed by atoms with Gasteiger partial charge in [-0.25, -0.2) is 0 Å². The van der Waals surface area contributed by atoms with Crippen LogP contribution in [-0.2, 0) is 9.59 Å². The van der Waals surface area contributed by atoms with Crippen molar-refractivity contribution in [2.75, 3.05) is 6.54 Å². The van der Waals surface area contributed by atoms with Crippen molar-refractivity contribution >= 4 is 11.6 Å². The molecule has 0 saturated heterocycles. The molecule has 3 heteroatoms. The number of carbonyl (C=O) groups excluding carboxylic acids is 2. The molecule has 1 aliphatic carbocycles. The Hall–Kier alpha value is -1.38. The smallest absolute Gasteiger partial charge is 0.205 e. The zero-order valence-corrected chi connectivity index (χ0v) is 19.4. The summed E-state index contributed by atoms with van der Waals surface area (Å²) in [6.45, 7) is 6.51. The number of carbonyl (C=O) groups is 2. The van der Waals surface area contributed by atoms with Crippen LogP contribution in [0.5, 0.6) is 0 Å². The van der Waals surface area contributed by atoms with Gasteiger partial charge in [0.25, 0.3) is 0 Å². The van der Waals surface area contributed by atoms with Gasteiger partial charge in [-0.1, -0.05) is 103 Å². The number of nitrogens with one attached hydrogen (secondary N) is 1. The Morgan fingerprint density at radius 3 is 1.48 bits per heavy atom. The van der Waals surface area contributed by atoms with Crippen LogP contribution in [-0.4, -0.2) is 18.1 Å². The van der Waals surface area contributed by atoms with E-state index in [2.05, 4.69) is 12.2 Å². The molecule has 1 N–H and O–H groups in total. The second-order valence-corrected chi connectivity index (χ2v) is 8.73. The molecule has 166 valence electrons. The van der Waals surface area contributed by atoms with Gasteiger partial charge in [-0.15, -0.1) is 0 Å². The maximum absolute atomic E-state index is 12.1. The lowest BCUT2D eigenvalue weighted by atomic mass is 9.95. The first-order valence-corrected chi connectivity index (χ1v) is 12.3. The summed E-state index contributed by atoms with van der Waals surface area (Å²) in [7, 11) is 0. The molecule has 1 rings (SSSR count). The van der Waals surface area contributed by atoms with Crippen molar-refractivity contribution in [3.63, 3.8) is 0 Å². The van der Waals surface area contributed by atoms with E-state index in [0.29, 0.717) is 16.8 Å². The summed E-state index contributed by atoms with van der Waals surface area (Å²) >= 11 is 0. The third kappa shape index (κ3) is 11.4. The highest BCUT2D eigenvalue weighted by atomic mass is 16.1. The maximum Gasteiger partial charge on any atom is 0.205 e. The number of hydrogen-bond donors (Lipinski definition) is 1. The fourth-order valence-corrected chi connectivity index (χ4v) is 3.89. The lowest BCUT2D eigenvalue weighted by molar-refractivity contribution is -0.116. The fraction of sp³-hybridized carbons (Fsp3) is 0.769. The third-order valence-electron chi connectivity index (χ3n) is 6.14. The normalized spacial score (nSPS) is 14.5. The predicted molar refractivity (Wildman–Crippen MR) is 124 cm³/mol. The molecule has 3 nitrogen and oxygen atoms in total. The van der Waals surface area contributed by atoms with Gasteiger partial charge < -0.3 is 5.32 Å². The van der Waals surface area contributed by atoms with Gasteiger partial charge in [0.2, 0.25) is 5.78 Å². The van der Waals surface area contributed by atoms with Crippen LogP contribution in [0.2, 0.25) is 0 Å². The Kier molecular flexibility index (Phi) is 14.5. The summed E-state index contributed by atoms with van der Waals surface area (Å²) in [4.78, 5) is 24.0. The zero-order chi connectivity index (χ0) is 21.3. The van der Waals surface area contributed by atoms with E-state index in [0.717, 1.165) is 13.0 Å². The van der Waals surface area contributed by atoms with E-state index in [4.69, 9.17) is 0 Å². The van der Waals surface area contributed by atoms with Gasteiger partial charge >= 0.3 is 0 Å². The molecule has 0 aliphatic heterocycles. The summed E-state index contributed by atoms with van der Waals surface area (Å²) in [5, 5.41) is 3.16. The van der Waals surface area contributed by atoms with Crippen molar-refractivity contribution in [2.45, 2.75) is 124 Å². The number of rotatable bonds is 18. The Bertz CT molecular complexity index is 545. The van der Waals surface area contributed by atoms with Crippen molar-refractivity contribution < 1.29 is 9.59 Å². The highest BCUT2D eigenvalue weighted by Crippen LogP contribution is 2.17. The second-order valence-electron chi connectivity index (χ2n) is 8.73. The maximum atomic E-state index is 12.1. The SMILES string of the molecule is CCCCCCCCCCCCCCCCCCNC1=CC(=O)C(C)=C(C)C1=O. The average Bonchev–Trinajstić information content (AvgIpc) is 2.72. The van der Waals surface area contributed by atoms with Gasteiger partial charge in [-0.2, -0.15) is 0 Å². The number of ketones is 2. The quantitative estimate of drug-likeness (QED) is 0.194. The highest BCUT2D eigenvalue weighted by molar-refractivity contribution is 6.21. The van der Waals surface area contributed by atoms with Gasteiger partial charge in [-0.3, -0.25) is 9.59 Å². The van der Waals surface area contributed by atoms with Crippen LogP contribution in [0.4, 0.5) is 0 Å². The van der Waals surface area contributed by atoms with Crippen molar-refractivity contribution in [2.24, 2.45) is 0 Å². The van der Waals surface area contributed by atoms with E-state index in [1.54, 1.807) is 13.8 Å². The number of hydrogen-bond acceptors (Lipinski definition) is 3. The van der Waals surface area contributed by atoms with E-state index < -0.39 is 0 Å². The van der Waals surface area contributed by atoms with Crippen LogP contribution in [0.25, 0.3) is 0 Å². The molecule has 0 bridgehead atoms. The van der Waals surface area contributed by atoms with Crippen molar-refractivity contribution in [3.8, 4) is 0 Å². The number of unbranched alkanes of at least 4 members (excludes halogenated alkanes) is 15. The average molecular weight is 404 g/mol. The second kappa shape index (κ2) is 16.4. The molecule has 0 aromatic heterocycles. The number of allylic oxidation sites excluding steroid dienone is 3. The molecule has 0 fully saturated rings. The van der Waals surface area contributed by atoms with Crippen LogP contribution >= 0.6 is 0 Å². The fourth-order valence-electron chi connectivity index (χ4n) is 3.89. The molecule has 1 aliphatic rings. The van der Waals surface area contributed by atoms with Crippen LogP contribution in [0.15, 0.2) is 22.9 Å². The van der Waals surface area contributed by atoms with Crippen molar-refractivity contribution in [1.82, 2.24) is 5.32 Å². The molecule has 0 saturated carbocycles. The van der Waals surface area contributed by atoms with E-state index in [1.165, 1.54) is 102 Å². The standard InChI is InChI=1S/C26H45NO2/c1-4-5-6-7-8-9-10-11-12-13-14-15-16-17-18-19-20-27-24-21-25(28)22(2)23(3)26(24)29/h21,27H,4-20H2,1-3H3. The Morgan fingerprint density at radius 1 is 0.621 bits per heavy atom. The molecule has 0 unspecified atom stereocenters. The van der Waals surface area contributed by atoms with E-state index >= 15 is 0 Å². The molecular formula is C26H45NO2. The first-order chi connectivity index (χ1) is 14.1. The Labute approximate surface area is 179 Å². The predicted octanol–water partition coefficient (Wildman–Crippen LogP) is 7.21. The molecular weight excluding hydrogens is 358 g/mol. The minimum absolute atomic E-state index is 0.0291. The summed E-state index contributed by atoms with van der Waals surface area (Å²) in [6, 6.07) is 0. The molecule has 0 aromatic rings. The van der Waals surface area contributed by atoms with E-state index in [9.17, 15) is 9.59 Å². The van der Waals surface area contributed by atoms with Gasteiger partial charge in [-0.05, 0) is 20.3 Å². The van der Waals surface area contributed by atoms with Gasteiger partial charge in [0.1, 0.15) is 0 Å². The lowest BCUT2D eigenvalue weighted by Gasteiger charge is -2.15.